The Morgan fingerprint density at radius 1 is 1.40 bits per heavy atom. The first kappa shape index (κ1) is 11.7. The van der Waals surface area contributed by atoms with E-state index >= 15 is 0 Å². The second kappa shape index (κ2) is 4.94. The Labute approximate surface area is 90.2 Å². The molecule has 1 aromatic carbocycles. The van der Waals surface area contributed by atoms with E-state index in [2.05, 4.69) is 17.0 Å². The molecule has 0 fully saturated rings. The van der Waals surface area contributed by atoms with Crippen LogP contribution in [-0.2, 0) is 10.0 Å². The number of rotatable bonds is 4. The maximum Gasteiger partial charge on any atom is 0.240 e. The SMILES string of the molecule is C=C=CCNS(=O)(=O)c1ccc(C)cc1. The van der Waals surface area contributed by atoms with Crippen LogP contribution in [0, 0.1) is 6.92 Å². The van der Waals surface area contributed by atoms with Crippen molar-refractivity contribution in [1.82, 2.24) is 4.72 Å². The standard InChI is InChI=1S/C11H13NO2S/c1-3-4-9-12-15(13,14)11-7-5-10(2)6-8-11/h4-8,12H,1,9H2,2H3. The van der Waals surface area contributed by atoms with Gasteiger partial charge in [0.1, 0.15) is 0 Å². The fraction of sp³-hybridized carbons (Fsp3) is 0.182. The Morgan fingerprint density at radius 3 is 2.53 bits per heavy atom. The molecular weight excluding hydrogens is 210 g/mol. The number of sulfonamides is 1. The predicted octanol–water partition coefficient (Wildman–Crippen LogP) is 1.61. The molecule has 0 heterocycles. The van der Waals surface area contributed by atoms with Gasteiger partial charge in [0, 0.05) is 6.54 Å². The van der Waals surface area contributed by atoms with Crippen LogP contribution in [0.1, 0.15) is 5.56 Å². The van der Waals surface area contributed by atoms with Crippen molar-refractivity contribution in [1.29, 1.82) is 0 Å². The highest BCUT2D eigenvalue weighted by molar-refractivity contribution is 7.89. The first-order valence-corrected chi connectivity index (χ1v) is 5.95. The molecule has 0 aliphatic heterocycles. The molecule has 3 nitrogen and oxygen atoms in total. The molecule has 4 heteroatoms. The highest BCUT2D eigenvalue weighted by atomic mass is 32.2. The molecule has 0 radical (unpaired) electrons. The summed E-state index contributed by atoms with van der Waals surface area (Å²) in [5.74, 6) is 0. The molecule has 80 valence electrons. The summed E-state index contributed by atoms with van der Waals surface area (Å²) in [6.45, 7) is 5.46. The van der Waals surface area contributed by atoms with Crippen molar-refractivity contribution < 1.29 is 8.42 Å². The monoisotopic (exact) mass is 223 g/mol. The van der Waals surface area contributed by atoms with Crippen LogP contribution in [-0.4, -0.2) is 15.0 Å². The van der Waals surface area contributed by atoms with Crippen LogP contribution in [0.4, 0.5) is 0 Å². The molecule has 0 aliphatic rings. The summed E-state index contributed by atoms with van der Waals surface area (Å²) in [4.78, 5) is 0.269. The lowest BCUT2D eigenvalue weighted by Crippen LogP contribution is -2.23. The smallest absolute Gasteiger partial charge is 0.207 e. The van der Waals surface area contributed by atoms with Crippen molar-refractivity contribution in [3.63, 3.8) is 0 Å². The van der Waals surface area contributed by atoms with Gasteiger partial charge in [0.15, 0.2) is 0 Å². The van der Waals surface area contributed by atoms with Crippen molar-refractivity contribution in [2.45, 2.75) is 11.8 Å². The van der Waals surface area contributed by atoms with Crippen LogP contribution in [0.15, 0.2) is 47.5 Å². The minimum atomic E-state index is -3.40. The summed E-state index contributed by atoms with van der Waals surface area (Å²) in [7, 11) is -3.40. The van der Waals surface area contributed by atoms with Crippen LogP contribution in [0.25, 0.3) is 0 Å². The maximum atomic E-state index is 11.6. The van der Waals surface area contributed by atoms with Gasteiger partial charge in [0.05, 0.1) is 4.90 Å². The fourth-order valence-electron chi connectivity index (χ4n) is 1.02. The third kappa shape index (κ3) is 3.36. The Bertz CT molecular complexity index is 468. The zero-order valence-corrected chi connectivity index (χ0v) is 9.34. The molecule has 1 aromatic rings. The first-order valence-electron chi connectivity index (χ1n) is 4.47. The van der Waals surface area contributed by atoms with Crippen LogP contribution >= 0.6 is 0 Å². The quantitative estimate of drug-likeness (QED) is 0.788. The van der Waals surface area contributed by atoms with E-state index < -0.39 is 10.0 Å². The molecule has 0 saturated carbocycles. The van der Waals surface area contributed by atoms with Gasteiger partial charge in [0.2, 0.25) is 10.0 Å². The van der Waals surface area contributed by atoms with Crippen LogP contribution in [0.5, 0.6) is 0 Å². The van der Waals surface area contributed by atoms with Crippen molar-refractivity contribution in [3.05, 3.63) is 48.2 Å². The van der Waals surface area contributed by atoms with Gasteiger partial charge in [-0.05, 0) is 25.1 Å². The molecule has 0 aromatic heterocycles. The Balaban J connectivity index is 2.86. The molecule has 1 N–H and O–H groups in total. The van der Waals surface area contributed by atoms with E-state index in [0.717, 1.165) is 5.56 Å². The van der Waals surface area contributed by atoms with Crippen molar-refractivity contribution in [2.75, 3.05) is 6.54 Å². The topological polar surface area (TPSA) is 46.2 Å². The zero-order valence-electron chi connectivity index (χ0n) is 8.53. The Kier molecular flexibility index (Phi) is 3.86. The second-order valence-electron chi connectivity index (χ2n) is 3.07. The summed E-state index contributed by atoms with van der Waals surface area (Å²) in [5.41, 5.74) is 3.53. The number of nitrogens with one attached hydrogen (secondary N) is 1. The number of aryl methyl sites for hydroxylation is 1. The van der Waals surface area contributed by atoms with Crippen molar-refractivity contribution >= 4 is 10.0 Å². The maximum absolute atomic E-state index is 11.6. The summed E-state index contributed by atoms with van der Waals surface area (Å²) in [6.07, 6.45) is 1.52. The zero-order chi connectivity index (χ0) is 11.3. The highest BCUT2D eigenvalue weighted by Gasteiger charge is 2.11. The molecule has 0 unspecified atom stereocenters. The average Bonchev–Trinajstić information content (AvgIpc) is 2.18. The molecule has 15 heavy (non-hydrogen) atoms. The summed E-state index contributed by atoms with van der Waals surface area (Å²) in [5, 5.41) is 0. The van der Waals surface area contributed by atoms with Gasteiger partial charge in [-0.1, -0.05) is 24.3 Å². The molecule has 0 atom stereocenters. The van der Waals surface area contributed by atoms with Crippen molar-refractivity contribution in [2.24, 2.45) is 0 Å². The molecule has 0 bridgehead atoms. The third-order valence-electron chi connectivity index (χ3n) is 1.85. The average molecular weight is 223 g/mol. The molecular formula is C11H13NO2S. The Hall–Kier alpha value is -1.35. The van der Waals surface area contributed by atoms with E-state index in [9.17, 15) is 8.42 Å². The van der Waals surface area contributed by atoms with Gasteiger partial charge >= 0.3 is 0 Å². The molecule has 0 spiro atoms. The van der Waals surface area contributed by atoms with Gasteiger partial charge in [-0.3, -0.25) is 0 Å². The molecule has 0 amide bonds. The summed E-state index contributed by atoms with van der Waals surface area (Å²) < 4.78 is 25.7. The molecule has 1 rings (SSSR count). The van der Waals surface area contributed by atoms with Gasteiger partial charge in [0.25, 0.3) is 0 Å². The van der Waals surface area contributed by atoms with Gasteiger partial charge in [-0.15, -0.1) is 5.73 Å². The lowest BCUT2D eigenvalue weighted by molar-refractivity contribution is 0.585. The largest absolute Gasteiger partial charge is 0.240 e. The Morgan fingerprint density at radius 2 is 2.00 bits per heavy atom. The van der Waals surface area contributed by atoms with E-state index in [1.165, 1.54) is 6.08 Å². The second-order valence-corrected chi connectivity index (χ2v) is 4.84. The van der Waals surface area contributed by atoms with E-state index in [1.807, 2.05) is 6.92 Å². The number of benzene rings is 1. The fourth-order valence-corrected chi connectivity index (χ4v) is 1.99. The lowest BCUT2D eigenvalue weighted by atomic mass is 10.2. The van der Waals surface area contributed by atoms with E-state index in [1.54, 1.807) is 24.3 Å². The van der Waals surface area contributed by atoms with Gasteiger partial charge < -0.3 is 0 Å². The van der Waals surface area contributed by atoms with E-state index in [0.29, 0.717) is 0 Å². The summed E-state index contributed by atoms with van der Waals surface area (Å²) >= 11 is 0. The van der Waals surface area contributed by atoms with E-state index in [-0.39, 0.29) is 11.4 Å². The van der Waals surface area contributed by atoms with Crippen LogP contribution in [0.3, 0.4) is 0 Å². The van der Waals surface area contributed by atoms with Gasteiger partial charge in [-0.25, -0.2) is 13.1 Å². The number of hydrogen-bond donors (Lipinski definition) is 1. The minimum absolute atomic E-state index is 0.208. The molecule has 0 saturated heterocycles. The van der Waals surface area contributed by atoms with E-state index in [4.69, 9.17) is 0 Å². The normalized spacial score (nSPS) is 10.7. The third-order valence-corrected chi connectivity index (χ3v) is 3.29. The number of hydrogen-bond acceptors (Lipinski definition) is 2. The van der Waals surface area contributed by atoms with Crippen LogP contribution in [0.2, 0.25) is 0 Å². The minimum Gasteiger partial charge on any atom is -0.207 e. The molecule has 0 aliphatic carbocycles. The van der Waals surface area contributed by atoms with Gasteiger partial charge in [-0.2, -0.15) is 0 Å². The van der Waals surface area contributed by atoms with Crippen molar-refractivity contribution in [3.8, 4) is 0 Å². The first-order chi connectivity index (χ1) is 7.06. The van der Waals surface area contributed by atoms with Crippen LogP contribution < -0.4 is 4.72 Å². The summed E-state index contributed by atoms with van der Waals surface area (Å²) in [6, 6.07) is 6.68. The highest BCUT2D eigenvalue weighted by Crippen LogP contribution is 2.09. The lowest BCUT2D eigenvalue weighted by Gasteiger charge is -2.04. The predicted molar refractivity (Wildman–Crippen MR) is 60.1 cm³/mol.